The number of hydrazone groups is 1. The molecule has 0 spiro atoms. The minimum Gasteiger partial charge on any atom is -0.267 e. The Morgan fingerprint density at radius 2 is 1.60 bits per heavy atom. The maximum absolute atomic E-state index is 12.3. The van der Waals surface area contributed by atoms with Crippen LogP contribution in [0.3, 0.4) is 0 Å². The van der Waals surface area contributed by atoms with Gasteiger partial charge in [-0.1, -0.05) is 60.2 Å². The second-order valence-electron chi connectivity index (χ2n) is 6.91. The summed E-state index contributed by atoms with van der Waals surface area (Å²) in [5.74, 6) is -0.340. The Morgan fingerprint density at radius 1 is 0.967 bits per heavy atom. The van der Waals surface area contributed by atoms with Gasteiger partial charge in [-0.15, -0.1) is 0 Å². The number of para-hydroxylation sites is 1. The average molecular weight is 422 g/mol. The van der Waals surface area contributed by atoms with Gasteiger partial charge in [-0.3, -0.25) is 9.10 Å². The third kappa shape index (κ3) is 5.78. The lowest BCUT2D eigenvalue weighted by atomic mass is 10.1. The van der Waals surface area contributed by atoms with Crippen LogP contribution in [0.25, 0.3) is 0 Å². The van der Waals surface area contributed by atoms with Crippen molar-refractivity contribution in [3.05, 3.63) is 101 Å². The topological polar surface area (TPSA) is 78.8 Å². The van der Waals surface area contributed by atoms with Gasteiger partial charge in [0.2, 0.25) is 10.0 Å². The van der Waals surface area contributed by atoms with Crippen LogP contribution in [0.1, 0.15) is 27.0 Å². The fraction of sp³-hybridized carbons (Fsp3) is 0.130. The van der Waals surface area contributed by atoms with Crippen LogP contribution in [-0.4, -0.2) is 26.8 Å². The molecule has 0 fully saturated rings. The molecule has 1 N–H and O–H groups in total. The van der Waals surface area contributed by atoms with Crippen LogP contribution in [0.5, 0.6) is 0 Å². The van der Waals surface area contributed by atoms with Crippen LogP contribution in [0, 0.1) is 6.92 Å². The minimum absolute atomic E-state index is 0.177. The fourth-order valence-electron chi connectivity index (χ4n) is 2.80. The second-order valence-corrected chi connectivity index (χ2v) is 8.82. The van der Waals surface area contributed by atoms with E-state index in [4.69, 9.17) is 0 Å². The average Bonchev–Trinajstić information content (AvgIpc) is 2.73. The lowest BCUT2D eigenvalue weighted by Crippen LogP contribution is -2.29. The molecule has 0 radical (unpaired) electrons. The van der Waals surface area contributed by atoms with Gasteiger partial charge in [0.1, 0.15) is 0 Å². The molecule has 0 aliphatic carbocycles. The molecule has 3 aromatic rings. The molecule has 0 bridgehead atoms. The molecule has 0 aliphatic heterocycles. The third-order valence-electron chi connectivity index (χ3n) is 4.44. The minimum atomic E-state index is -3.45. The van der Waals surface area contributed by atoms with Gasteiger partial charge in [-0.25, -0.2) is 13.8 Å². The summed E-state index contributed by atoms with van der Waals surface area (Å²) in [4.78, 5) is 12.3. The van der Waals surface area contributed by atoms with Crippen LogP contribution >= 0.6 is 0 Å². The molecule has 0 aromatic heterocycles. The van der Waals surface area contributed by atoms with E-state index in [9.17, 15) is 13.2 Å². The number of rotatable bonds is 7. The van der Waals surface area contributed by atoms with Crippen molar-refractivity contribution in [2.45, 2.75) is 13.5 Å². The number of aryl methyl sites for hydroxylation is 1. The number of hydrogen-bond donors (Lipinski definition) is 1. The van der Waals surface area contributed by atoms with Crippen molar-refractivity contribution in [2.75, 3.05) is 10.6 Å². The number of sulfonamides is 1. The molecule has 1 amide bonds. The number of anilines is 1. The van der Waals surface area contributed by atoms with Crippen LogP contribution in [-0.2, 0) is 16.6 Å². The zero-order valence-corrected chi connectivity index (χ0v) is 17.6. The highest BCUT2D eigenvalue weighted by Crippen LogP contribution is 2.20. The highest BCUT2D eigenvalue weighted by molar-refractivity contribution is 7.92. The predicted octanol–water partition coefficient (Wildman–Crippen LogP) is 3.73. The number of hydrogen-bond acceptors (Lipinski definition) is 4. The molecule has 3 aromatic carbocycles. The maximum atomic E-state index is 12.3. The van der Waals surface area contributed by atoms with Gasteiger partial charge in [-0.05, 0) is 42.3 Å². The van der Waals surface area contributed by atoms with Crippen LogP contribution < -0.4 is 9.73 Å². The molecule has 154 valence electrons. The summed E-state index contributed by atoms with van der Waals surface area (Å²) in [6, 6.07) is 23.4. The quantitative estimate of drug-likeness (QED) is 0.466. The van der Waals surface area contributed by atoms with Crippen LogP contribution in [0.4, 0.5) is 5.69 Å². The van der Waals surface area contributed by atoms with E-state index < -0.39 is 10.0 Å². The Hall–Kier alpha value is -3.45. The maximum Gasteiger partial charge on any atom is 0.271 e. The van der Waals surface area contributed by atoms with Crippen molar-refractivity contribution in [3.63, 3.8) is 0 Å². The summed E-state index contributed by atoms with van der Waals surface area (Å²) in [5, 5.41) is 3.98. The molecular formula is C23H23N3O3S. The van der Waals surface area contributed by atoms with Crippen molar-refractivity contribution in [1.82, 2.24) is 5.43 Å². The van der Waals surface area contributed by atoms with E-state index in [-0.39, 0.29) is 12.5 Å². The number of nitrogens with one attached hydrogen (secondary N) is 1. The number of benzene rings is 3. The Balaban J connectivity index is 1.66. The second kappa shape index (κ2) is 9.37. The first-order valence-corrected chi connectivity index (χ1v) is 11.2. The summed E-state index contributed by atoms with van der Waals surface area (Å²) in [6.07, 6.45) is 2.75. The summed E-state index contributed by atoms with van der Waals surface area (Å²) >= 11 is 0. The molecule has 6 nitrogen and oxygen atoms in total. The predicted molar refractivity (Wildman–Crippen MR) is 120 cm³/mol. The van der Waals surface area contributed by atoms with Gasteiger partial charge in [0.25, 0.3) is 5.91 Å². The van der Waals surface area contributed by atoms with Crippen LogP contribution in [0.15, 0.2) is 84.0 Å². The zero-order chi connectivity index (χ0) is 21.6. The van der Waals surface area contributed by atoms with Crippen molar-refractivity contribution in [1.29, 1.82) is 0 Å². The fourth-order valence-corrected chi connectivity index (χ4v) is 3.69. The molecular weight excluding hydrogens is 398 g/mol. The molecule has 0 heterocycles. The highest BCUT2D eigenvalue weighted by Gasteiger charge is 2.17. The van der Waals surface area contributed by atoms with E-state index >= 15 is 0 Å². The monoisotopic (exact) mass is 421 g/mol. The Morgan fingerprint density at radius 3 is 2.20 bits per heavy atom. The van der Waals surface area contributed by atoms with Crippen molar-refractivity contribution >= 4 is 27.8 Å². The molecule has 0 saturated heterocycles. The van der Waals surface area contributed by atoms with Crippen LogP contribution in [0.2, 0.25) is 0 Å². The van der Waals surface area contributed by atoms with Gasteiger partial charge in [-0.2, -0.15) is 5.10 Å². The third-order valence-corrected chi connectivity index (χ3v) is 5.58. The zero-order valence-electron chi connectivity index (χ0n) is 16.8. The number of carbonyl (C=O) groups excluding carboxylic acids is 1. The van der Waals surface area contributed by atoms with Crippen molar-refractivity contribution < 1.29 is 13.2 Å². The standard InChI is InChI=1S/C23H23N3O3S/c1-18-8-10-19(11-9-18)16-24-25-23(27)21-14-12-20(13-15-21)17-26(30(2,28)29)22-6-4-3-5-7-22/h3-16H,17H2,1-2H3,(H,25,27)/b24-16-. The molecule has 0 saturated carbocycles. The van der Waals surface area contributed by atoms with E-state index in [1.807, 2.05) is 37.3 Å². The molecule has 30 heavy (non-hydrogen) atoms. The molecule has 7 heteroatoms. The summed E-state index contributed by atoms with van der Waals surface area (Å²) in [5.41, 5.74) is 6.33. The normalized spacial score (nSPS) is 11.4. The number of amides is 1. The van der Waals surface area contributed by atoms with Gasteiger partial charge < -0.3 is 0 Å². The van der Waals surface area contributed by atoms with Crippen molar-refractivity contribution in [3.8, 4) is 0 Å². The van der Waals surface area contributed by atoms with Gasteiger partial charge in [0.05, 0.1) is 24.7 Å². The van der Waals surface area contributed by atoms with Gasteiger partial charge in [0.15, 0.2) is 0 Å². The Kier molecular flexibility index (Phi) is 6.64. The Bertz CT molecular complexity index is 1120. The highest BCUT2D eigenvalue weighted by atomic mass is 32.2. The molecule has 0 atom stereocenters. The first-order chi connectivity index (χ1) is 14.3. The molecule has 3 rings (SSSR count). The lowest BCUT2D eigenvalue weighted by molar-refractivity contribution is 0.0955. The summed E-state index contributed by atoms with van der Waals surface area (Å²) in [7, 11) is -3.45. The SMILES string of the molecule is Cc1ccc(/C=N\NC(=O)c2ccc(CN(c3ccccc3)S(C)(=O)=O)cc2)cc1. The molecule has 0 unspecified atom stereocenters. The smallest absolute Gasteiger partial charge is 0.267 e. The number of nitrogens with zero attached hydrogens (tertiary/aromatic N) is 2. The van der Waals surface area contributed by atoms with E-state index in [1.54, 1.807) is 54.7 Å². The van der Waals surface area contributed by atoms with E-state index in [0.29, 0.717) is 11.3 Å². The summed E-state index contributed by atoms with van der Waals surface area (Å²) < 4.78 is 25.7. The molecule has 0 aliphatic rings. The van der Waals surface area contributed by atoms with Crippen molar-refractivity contribution in [2.24, 2.45) is 5.10 Å². The number of carbonyl (C=O) groups is 1. The van der Waals surface area contributed by atoms with Gasteiger partial charge in [0, 0.05) is 5.56 Å². The summed E-state index contributed by atoms with van der Waals surface area (Å²) in [6.45, 7) is 2.18. The first kappa shape index (κ1) is 21.3. The van der Waals surface area contributed by atoms with E-state index in [1.165, 1.54) is 10.6 Å². The van der Waals surface area contributed by atoms with Gasteiger partial charge >= 0.3 is 0 Å². The largest absolute Gasteiger partial charge is 0.271 e. The lowest BCUT2D eigenvalue weighted by Gasteiger charge is -2.22. The van der Waals surface area contributed by atoms with E-state index in [0.717, 1.165) is 16.7 Å². The Labute approximate surface area is 176 Å². The van der Waals surface area contributed by atoms with E-state index in [2.05, 4.69) is 10.5 Å². The first-order valence-electron chi connectivity index (χ1n) is 9.35.